The Labute approximate surface area is 130 Å². The second kappa shape index (κ2) is 7.04. The van der Waals surface area contributed by atoms with Gasteiger partial charge in [-0.1, -0.05) is 30.3 Å². The number of para-hydroxylation sites is 1. The molecular formula is C16H13BrO4. The molecule has 2 rings (SSSR count). The van der Waals surface area contributed by atoms with E-state index in [1.807, 2.05) is 12.1 Å². The predicted molar refractivity (Wildman–Crippen MR) is 81.6 cm³/mol. The Kier molecular flexibility index (Phi) is 5.11. The molecular weight excluding hydrogens is 336 g/mol. The molecule has 0 amide bonds. The van der Waals surface area contributed by atoms with E-state index in [0.29, 0.717) is 21.3 Å². The number of aldehydes is 1. The van der Waals surface area contributed by atoms with E-state index >= 15 is 0 Å². The van der Waals surface area contributed by atoms with E-state index in [4.69, 9.17) is 9.84 Å². The first-order valence-electron chi connectivity index (χ1n) is 6.27. The van der Waals surface area contributed by atoms with Crippen molar-refractivity contribution in [3.05, 3.63) is 63.6 Å². The van der Waals surface area contributed by atoms with Gasteiger partial charge in [0.15, 0.2) is 6.29 Å². The molecule has 0 aliphatic heterocycles. The van der Waals surface area contributed by atoms with E-state index in [-0.39, 0.29) is 13.0 Å². The number of hydrogen-bond donors (Lipinski definition) is 1. The zero-order valence-electron chi connectivity index (χ0n) is 11.1. The fraction of sp³-hybridized carbons (Fsp3) is 0.125. The zero-order chi connectivity index (χ0) is 15.2. The van der Waals surface area contributed by atoms with Gasteiger partial charge in [0.05, 0.1) is 16.5 Å². The highest BCUT2D eigenvalue weighted by Gasteiger charge is 2.10. The Hall–Kier alpha value is -2.14. The van der Waals surface area contributed by atoms with Crippen LogP contribution in [-0.4, -0.2) is 17.4 Å². The molecule has 0 aromatic heterocycles. The topological polar surface area (TPSA) is 63.6 Å². The largest absolute Gasteiger partial charge is 0.487 e. The first-order valence-corrected chi connectivity index (χ1v) is 7.06. The van der Waals surface area contributed by atoms with Crippen molar-refractivity contribution >= 4 is 28.2 Å². The average molecular weight is 349 g/mol. The van der Waals surface area contributed by atoms with Crippen molar-refractivity contribution in [3.63, 3.8) is 0 Å². The lowest BCUT2D eigenvalue weighted by molar-refractivity contribution is -0.136. The van der Waals surface area contributed by atoms with Crippen molar-refractivity contribution in [2.24, 2.45) is 0 Å². The van der Waals surface area contributed by atoms with Gasteiger partial charge in [-0.2, -0.15) is 0 Å². The molecule has 0 saturated heterocycles. The van der Waals surface area contributed by atoms with Gasteiger partial charge in [0, 0.05) is 0 Å². The van der Waals surface area contributed by atoms with Crippen molar-refractivity contribution < 1.29 is 19.4 Å². The average Bonchev–Trinajstić information content (AvgIpc) is 2.46. The fourth-order valence-electron chi connectivity index (χ4n) is 1.95. The van der Waals surface area contributed by atoms with E-state index in [1.165, 1.54) is 0 Å². The lowest BCUT2D eigenvalue weighted by atomic mass is 10.1. The summed E-state index contributed by atoms with van der Waals surface area (Å²) in [6.07, 6.45) is 0.666. The van der Waals surface area contributed by atoms with Gasteiger partial charge in [-0.25, -0.2) is 0 Å². The van der Waals surface area contributed by atoms with Gasteiger partial charge in [0.2, 0.25) is 0 Å². The first-order chi connectivity index (χ1) is 10.1. The molecule has 0 unspecified atom stereocenters. The third-order valence-electron chi connectivity index (χ3n) is 2.96. The molecule has 108 valence electrons. The molecule has 4 nitrogen and oxygen atoms in total. The molecule has 21 heavy (non-hydrogen) atoms. The third-order valence-corrected chi connectivity index (χ3v) is 3.58. The minimum absolute atomic E-state index is 0.0595. The number of carbonyl (C=O) groups is 2. The smallest absolute Gasteiger partial charge is 0.307 e. The van der Waals surface area contributed by atoms with E-state index in [2.05, 4.69) is 15.9 Å². The molecule has 0 spiro atoms. The quantitative estimate of drug-likeness (QED) is 0.812. The summed E-state index contributed by atoms with van der Waals surface area (Å²) < 4.78 is 6.38. The molecule has 0 fully saturated rings. The van der Waals surface area contributed by atoms with Crippen LogP contribution in [0.3, 0.4) is 0 Å². The van der Waals surface area contributed by atoms with Crippen LogP contribution in [0.1, 0.15) is 21.5 Å². The van der Waals surface area contributed by atoms with Gasteiger partial charge in [0.25, 0.3) is 0 Å². The van der Waals surface area contributed by atoms with Crippen molar-refractivity contribution in [2.45, 2.75) is 13.0 Å². The number of carboxylic acid groups (broad SMARTS) is 1. The van der Waals surface area contributed by atoms with Crippen LogP contribution in [0.2, 0.25) is 0 Å². The van der Waals surface area contributed by atoms with Crippen LogP contribution in [0.4, 0.5) is 0 Å². The number of carboxylic acids is 1. The Balaban J connectivity index is 2.21. The van der Waals surface area contributed by atoms with Crippen molar-refractivity contribution in [1.82, 2.24) is 0 Å². The van der Waals surface area contributed by atoms with E-state index in [9.17, 15) is 9.59 Å². The summed E-state index contributed by atoms with van der Waals surface area (Å²) in [6.45, 7) is 0.201. The normalized spacial score (nSPS) is 10.1. The SMILES string of the molecule is O=Cc1cccc(Br)c1OCc1ccccc1CC(=O)O. The first kappa shape index (κ1) is 15.3. The second-order valence-electron chi connectivity index (χ2n) is 4.40. The van der Waals surface area contributed by atoms with Crippen LogP contribution in [0.15, 0.2) is 46.9 Å². The van der Waals surface area contributed by atoms with E-state index in [1.54, 1.807) is 30.3 Å². The molecule has 1 N–H and O–H groups in total. The number of aliphatic carboxylic acids is 1. The summed E-state index contributed by atoms with van der Waals surface area (Å²) in [7, 11) is 0. The van der Waals surface area contributed by atoms with Gasteiger partial charge in [-0.15, -0.1) is 0 Å². The van der Waals surface area contributed by atoms with Crippen LogP contribution in [0.5, 0.6) is 5.75 Å². The summed E-state index contributed by atoms with van der Waals surface area (Å²) in [4.78, 5) is 21.9. The van der Waals surface area contributed by atoms with Crippen molar-refractivity contribution in [1.29, 1.82) is 0 Å². The number of benzene rings is 2. The van der Waals surface area contributed by atoms with Gasteiger partial charge in [-0.05, 0) is 39.2 Å². The second-order valence-corrected chi connectivity index (χ2v) is 5.26. The van der Waals surface area contributed by atoms with E-state index < -0.39 is 5.97 Å². The lowest BCUT2D eigenvalue weighted by Gasteiger charge is -2.12. The summed E-state index contributed by atoms with van der Waals surface area (Å²) in [5.74, 6) is -0.436. The number of carbonyl (C=O) groups excluding carboxylic acids is 1. The third kappa shape index (κ3) is 3.92. The molecule has 0 radical (unpaired) electrons. The standard InChI is InChI=1S/C16H13BrO4/c17-14-7-3-6-12(9-18)16(14)21-10-13-5-2-1-4-11(13)8-15(19)20/h1-7,9H,8,10H2,(H,19,20). The molecule has 0 bridgehead atoms. The monoisotopic (exact) mass is 348 g/mol. The number of rotatable bonds is 6. The predicted octanol–water partition coefficient (Wildman–Crippen LogP) is 3.47. The number of ether oxygens (including phenoxy) is 1. The highest BCUT2D eigenvalue weighted by molar-refractivity contribution is 9.10. The van der Waals surface area contributed by atoms with Crippen molar-refractivity contribution in [2.75, 3.05) is 0 Å². The summed E-state index contributed by atoms with van der Waals surface area (Å²) in [6, 6.07) is 12.4. The number of hydrogen-bond acceptors (Lipinski definition) is 3. The summed E-state index contributed by atoms with van der Waals surface area (Å²) in [5.41, 5.74) is 1.93. The minimum atomic E-state index is -0.892. The highest BCUT2D eigenvalue weighted by Crippen LogP contribution is 2.29. The van der Waals surface area contributed by atoms with Crippen LogP contribution < -0.4 is 4.74 Å². The van der Waals surface area contributed by atoms with Crippen LogP contribution in [0, 0.1) is 0 Å². The Morgan fingerprint density at radius 2 is 1.86 bits per heavy atom. The number of halogens is 1. The maximum absolute atomic E-state index is 11.0. The van der Waals surface area contributed by atoms with Gasteiger partial charge in [0.1, 0.15) is 12.4 Å². The Morgan fingerprint density at radius 1 is 1.14 bits per heavy atom. The lowest BCUT2D eigenvalue weighted by Crippen LogP contribution is -2.06. The minimum Gasteiger partial charge on any atom is -0.487 e. The highest BCUT2D eigenvalue weighted by atomic mass is 79.9. The fourth-order valence-corrected chi connectivity index (χ4v) is 2.45. The molecule has 0 aliphatic rings. The van der Waals surface area contributed by atoms with Crippen LogP contribution in [-0.2, 0) is 17.8 Å². The molecule has 0 aliphatic carbocycles. The maximum atomic E-state index is 11.0. The molecule has 0 atom stereocenters. The maximum Gasteiger partial charge on any atom is 0.307 e. The Bertz CT molecular complexity index is 667. The van der Waals surface area contributed by atoms with Gasteiger partial charge < -0.3 is 9.84 Å². The molecule has 2 aromatic carbocycles. The van der Waals surface area contributed by atoms with Gasteiger partial charge >= 0.3 is 5.97 Å². The molecule has 0 heterocycles. The summed E-state index contributed by atoms with van der Waals surface area (Å²) in [5, 5.41) is 8.91. The van der Waals surface area contributed by atoms with Crippen molar-refractivity contribution in [3.8, 4) is 5.75 Å². The zero-order valence-corrected chi connectivity index (χ0v) is 12.7. The van der Waals surface area contributed by atoms with Crippen LogP contribution in [0.25, 0.3) is 0 Å². The Morgan fingerprint density at radius 3 is 2.52 bits per heavy atom. The molecule has 0 saturated carbocycles. The molecule has 2 aromatic rings. The van der Waals surface area contributed by atoms with Gasteiger partial charge in [-0.3, -0.25) is 9.59 Å². The van der Waals surface area contributed by atoms with E-state index in [0.717, 1.165) is 11.8 Å². The van der Waals surface area contributed by atoms with Crippen LogP contribution >= 0.6 is 15.9 Å². The molecule has 5 heteroatoms. The summed E-state index contributed by atoms with van der Waals surface area (Å²) >= 11 is 3.34.